The predicted octanol–water partition coefficient (Wildman–Crippen LogP) is 1.17. The van der Waals surface area contributed by atoms with Crippen LogP contribution in [-0.2, 0) is 19.1 Å². The van der Waals surface area contributed by atoms with Crippen LogP contribution in [0.3, 0.4) is 0 Å². The number of methoxy groups -OCH3 is 1. The van der Waals surface area contributed by atoms with Gasteiger partial charge in [0.2, 0.25) is 0 Å². The van der Waals surface area contributed by atoms with Crippen LogP contribution in [0.4, 0.5) is 0 Å². The largest absolute Gasteiger partial charge is 0.384 e. The summed E-state index contributed by atoms with van der Waals surface area (Å²) in [5, 5.41) is 0. The standard InChI is InChI=1S/C12H18O4/c1-12(2)6-9(14)11(10(15)7-12)8(13)4-5-16-3/h11H,4-7H2,1-3H3. The molecule has 90 valence electrons. The number of ketones is 3. The molecular formula is C12H18O4. The molecule has 0 amide bonds. The zero-order valence-corrected chi connectivity index (χ0v) is 10.0. The summed E-state index contributed by atoms with van der Waals surface area (Å²) in [7, 11) is 1.49. The Kier molecular flexibility index (Phi) is 3.97. The lowest BCUT2D eigenvalue weighted by molar-refractivity contribution is -0.145. The third-order valence-corrected chi connectivity index (χ3v) is 2.82. The summed E-state index contributed by atoms with van der Waals surface area (Å²) in [6.07, 6.45) is 0.753. The molecule has 0 aliphatic heterocycles. The van der Waals surface area contributed by atoms with Crippen molar-refractivity contribution in [3.8, 4) is 0 Å². The van der Waals surface area contributed by atoms with Crippen LogP contribution in [0.5, 0.6) is 0 Å². The first-order valence-electron chi connectivity index (χ1n) is 5.44. The van der Waals surface area contributed by atoms with Crippen LogP contribution in [0.1, 0.15) is 33.1 Å². The van der Waals surface area contributed by atoms with Crippen molar-refractivity contribution < 1.29 is 19.1 Å². The molecule has 0 aromatic carbocycles. The maximum Gasteiger partial charge on any atom is 0.153 e. The molecule has 4 nitrogen and oxygen atoms in total. The summed E-state index contributed by atoms with van der Waals surface area (Å²) in [6, 6.07) is 0. The van der Waals surface area contributed by atoms with Gasteiger partial charge in [0, 0.05) is 26.4 Å². The second-order valence-corrected chi connectivity index (χ2v) is 5.09. The van der Waals surface area contributed by atoms with Gasteiger partial charge in [-0.1, -0.05) is 13.8 Å². The third kappa shape index (κ3) is 2.98. The molecule has 1 aliphatic rings. The van der Waals surface area contributed by atoms with Crippen molar-refractivity contribution in [2.45, 2.75) is 33.1 Å². The monoisotopic (exact) mass is 226 g/mol. The molecule has 1 saturated carbocycles. The van der Waals surface area contributed by atoms with E-state index in [2.05, 4.69) is 0 Å². The Morgan fingerprint density at radius 3 is 2.25 bits per heavy atom. The van der Waals surface area contributed by atoms with Gasteiger partial charge in [-0.05, 0) is 5.41 Å². The van der Waals surface area contributed by atoms with Crippen LogP contribution in [0, 0.1) is 11.3 Å². The van der Waals surface area contributed by atoms with Crippen molar-refractivity contribution in [1.29, 1.82) is 0 Å². The highest BCUT2D eigenvalue weighted by Gasteiger charge is 2.42. The molecule has 16 heavy (non-hydrogen) atoms. The van der Waals surface area contributed by atoms with Crippen molar-refractivity contribution in [2.75, 3.05) is 13.7 Å². The zero-order chi connectivity index (χ0) is 12.3. The smallest absolute Gasteiger partial charge is 0.153 e. The molecular weight excluding hydrogens is 208 g/mol. The molecule has 1 aliphatic carbocycles. The third-order valence-electron chi connectivity index (χ3n) is 2.82. The van der Waals surface area contributed by atoms with Gasteiger partial charge in [-0.2, -0.15) is 0 Å². The molecule has 0 saturated heterocycles. The highest BCUT2D eigenvalue weighted by molar-refractivity contribution is 6.20. The maximum atomic E-state index is 11.7. The highest BCUT2D eigenvalue weighted by Crippen LogP contribution is 2.34. The molecule has 0 heterocycles. The normalized spacial score (nSPS) is 21.2. The molecule has 4 heteroatoms. The minimum atomic E-state index is -1.02. The van der Waals surface area contributed by atoms with Crippen LogP contribution in [-0.4, -0.2) is 31.1 Å². The molecule has 0 spiro atoms. The zero-order valence-electron chi connectivity index (χ0n) is 10.0. The number of carbonyl (C=O) groups excluding carboxylic acids is 3. The Hall–Kier alpha value is -1.03. The van der Waals surface area contributed by atoms with E-state index < -0.39 is 5.92 Å². The summed E-state index contributed by atoms with van der Waals surface area (Å²) in [5.74, 6) is -1.79. The number of rotatable bonds is 4. The van der Waals surface area contributed by atoms with Gasteiger partial charge in [0.1, 0.15) is 5.92 Å². The molecule has 0 bridgehead atoms. The average molecular weight is 226 g/mol. The van der Waals surface area contributed by atoms with Gasteiger partial charge in [-0.3, -0.25) is 14.4 Å². The van der Waals surface area contributed by atoms with E-state index >= 15 is 0 Å². The molecule has 0 radical (unpaired) electrons. The van der Waals surface area contributed by atoms with Crippen LogP contribution < -0.4 is 0 Å². The van der Waals surface area contributed by atoms with Gasteiger partial charge in [0.25, 0.3) is 0 Å². The number of carbonyl (C=O) groups is 3. The van der Waals surface area contributed by atoms with Crippen LogP contribution in [0.2, 0.25) is 0 Å². The van der Waals surface area contributed by atoms with E-state index in [1.807, 2.05) is 13.8 Å². The lowest BCUT2D eigenvalue weighted by Gasteiger charge is -2.31. The summed E-state index contributed by atoms with van der Waals surface area (Å²) >= 11 is 0. The predicted molar refractivity (Wildman–Crippen MR) is 58.0 cm³/mol. The van der Waals surface area contributed by atoms with Crippen LogP contribution in [0.25, 0.3) is 0 Å². The minimum absolute atomic E-state index is 0.138. The molecule has 0 aromatic heterocycles. The first kappa shape index (κ1) is 13.0. The lowest BCUT2D eigenvalue weighted by atomic mass is 9.70. The SMILES string of the molecule is COCCC(=O)C1C(=O)CC(C)(C)CC1=O. The van der Waals surface area contributed by atoms with E-state index in [0.717, 1.165) is 0 Å². The molecule has 0 aromatic rings. The molecule has 1 fully saturated rings. The summed E-state index contributed by atoms with van der Waals surface area (Å²) in [6.45, 7) is 4.01. The summed E-state index contributed by atoms with van der Waals surface area (Å²) < 4.78 is 4.77. The van der Waals surface area contributed by atoms with Gasteiger partial charge in [0.15, 0.2) is 17.3 Å². The van der Waals surface area contributed by atoms with E-state index in [0.29, 0.717) is 12.8 Å². The van der Waals surface area contributed by atoms with Crippen molar-refractivity contribution in [3.63, 3.8) is 0 Å². The van der Waals surface area contributed by atoms with E-state index in [1.165, 1.54) is 7.11 Å². The number of hydrogen-bond acceptors (Lipinski definition) is 4. The highest BCUT2D eigenvalue weighted by atomic mass is 16.5. The van der Waals surface area contributed by atoms with E-state index in [-0.39, 0.29) is 35.8 Å². The Balaban J connectivity index is 2.71. The minimum Gasteiger partial charge on any atom is -0.384 e. The Morgan fingerprint density at radius 1 is 1.31 bits per heavy atom. The van der Waals surface area contributed by atoms with Crippen molar-refractivity contribution >= 4 is 17.3 Å². The van der Waals surface area contributed by atoms with E-state index in [4.69, 9.17) is 4.74 Å². The Morgan fingerprint density at radius 2 is 1.81 bits per heavy atom. The second kappa shape index (κ2) is 4.87. The first-order valence-corrected chi connectivity index (χ1v) is 5.44. The molecule has 1 rings (SSSR count). The topological polar surface area (TPSA) is 60.4 Å². The average Bonchev–Trinajstić information content (AvgIpc) is 2.11. The maximum absolute atomic E-state index is 11.7. The summed E-state index contributed by atoms with van der Waals surface area (Å²) in [4.78, 5) is 35.2. The van der Waals surface area contributed by atoms with Crippen molar-refractivity contribution in [1.82, 2.24) is 0 Å². The lowest BCUT2D eigenvalue weighted by Crippen LogP contribution is -2.42. The molecule has 0 N–H and O–H groups in total. The number of hydrogen-bond donors (Lipinski definition) is 0. The van der Waals surface area contributed by atoms with Crippen LogP contribution in [0.15, 0.2) is 0 Å². The fourth-order valence-electron chi connectivity index (χ4n) is 2.10. The second-order valence-electron chi connectivity index (χ2n) is 5.09. The van der Waals surface area contributed by atoms with Gasteiger partial charge in [-0.25, -0.2) is 0 Å². The molecule has 0 unspecified atom stereocenters. The number of ether oxygens (including phenoxy) is 1. The Labute approximate surface area is 95.3 Å². The van der Waals surface area contributed by atoms with Gasteiger partial charge in [0.05, 0.1) is 6.61 Å². The van der Waals surface area contributed by atoms with Crippen molar-refractivity contribution in [3.05, 3.63) is 0 Å². The quantitative estimate of drug-likeness (QED) is 0.675. The van der Waals surface area contributed by atoms with E-state index in [9.17, 15) is 14.4 Å². The van der Waals surface area contributed by atoms with Crippen molar-refractivity contribution in [2.24, 2.45) is 11.3 Å². The fourth-order valence-corrected chi connectivity index (χ4v) is 2.10. The van der Waals surface area contributed by atoms with Crippen LogP contribution >= 0.6 is 0 Å². The Bertz CT molecular complexity index is 297. The van der Waals surface area contributed by atoms with Gasteiger partial charge >= 0.3 is 0 Å². The number of Topliss-reactive ketones (excluding diaryl/α,β-unsaturated/α-hetero) is 3. The first-order chi connectivity index (χ1) is 7.37. The fraction of sp³-hybridized carbons (Fsp3) is 0.750. The van der Waals surface area contributed by atoms with E-state index in [1.54, 1.807) is 0 Å². The van der Waals surface area contributed by atoms with Gasteiger partial charge < -0.3 is 4.74 Å². The molecule has 0 atom stereocenters. The van der Waals surface area contributed by atoms with Gasteiger partial charge in [-0.15, -0.1) is 0 Å². The summed E-state index contributed by atoms with van der Waals surface area (Å²) in [5.41, 5.74) is -0.299.